The number of carbonyl (C=O) groups excluding carboxylic acids is 6. The lowest BCUT2D eigenvalue weighted by molar-refractivity contribution is -0.149. The molecule has 2 bridgehead atoms. The number of carboxylic acid groups (broad SMARTS) is 1. The minimum absolute atomic E-state index is 0.0144. The summed E-state index contributed by atoms with van der Waals surface area (Å²) in [7, 11) is 6.96. The Kier molecular flexibility index (Phi) is 20.7. The van der Waals surface area contributed by atoms with Gasteiger partial charge in [0, 0.05) is 82.6 Å². The average molecular weight is 972 g/mol. The highest BCUT2D eigenvalue weighted by Crippen LogP contribution is 2.43. The Bertz CT molecular complexity index is 2100. The summed E-state index contributed by atoms with van der Waals surface area (Å²) < 4.78 is 12.2. The first-order valence-corrected chi connectivity index (χ1v) is 25.6. The number of Topliss-reactive ketones (excluding diaryl/α,β-unsaturated/α-hetero) is 2. The number of nitrogens with one attached hydrogen (secondary N) is 2. The number of ketones is 2. The summed E-state index contributed by atoms with van der Waals surface area (Å²) in [6.45, 7) is 12.2. The van der Waals surface area contributed by atoms with Crippen molar-refractivity contribution in [2.24, 2.45) is 41.4 Å². The quantitative estimate of drug-likeness (QED) is 0.0853. The molecule has 70 heavy (non-hydrogen) atoms. The van der Waals surface area contributed by atoms with Crippen molar-refractivity contribution >= 4 is 46.9 Å². The number of amides is 4. The number of likely N-dealkylation sites (N-methyl/N-ethyl adjacent to an activating group) is 2. The van der Waals surface area contributed by atoms with Gasteiger partial charge in [-0.25, -0.2) is 0 Å². The topological polar surface area (TPSA) is 192 Å². The fourth-order valence-electron chi connectivity index (χ4n) is 11.5. The van der Waals surface area contributed by atoms with E-state index in [2.05, 4.69) is 29.4 Å². The number of benzene rings is 2. The molecular weight excluding hydrogens is 891 g/mol. The van der Waals surface area contributed by atoms with Crippen LogP contribution in [-0.2, 0) is 56.0 Å². The number of hydrogen-bond acceptors (Lipinski definition) is 10. The van der Waals surface area contributed by atoms with Crippen LogP contribution in [0, 0.1) is 41.4 Å². The van der Waals surface area contributed by atoms with Crippen molar-refractivity contribution in [1.29, 1.82) is 0 Å². The zero-order chi connectivity index (χ0) is 51.4. The molecule has 4 amide bonds. The zero-order valence-corrected chi connectivity index (χ0v) is 43.4. The molecule has 2 aromatic carbocycles. The summed E-state index contributed by atoms with van der Waals surface area (Å²) in [5.74, 6) is -4.33. The maximum Gasteiger partial charge on any atom is 0.304 e. The molecule has 12 atom stereocenters. The smallest absolute Gasteiger partial charge is 0.304 e. The van der Waals surface area contributed by atoms with Crippen molar-refractivity contribution in [2.45, 2.75) is 155 Å². The van der Waals surface area contributed by atoms with E-state index in [0.717, 1.165) is 43.2 Å². The van der Waals surface area contributed by atoms with E-state index in [0.29, 0.717) is 37.0 Å². The maximum atomic E-state index is 14.5. The second-order valence-electron chi connectivity index (χ2n) is 20.9. The maximum absolute atomic E-state index is 14.5. The normalized spacial score (nSPS) is 22.4. The summed E-state index contributed by atoms with van der Waals surface area (Å²) in [6, 6.07) is 15.9. The second-order valence-corrected chi connectivity index (χ2v) is 20.9. The van der Waals surface area contributed by atoms with Gasteiger partial charge in [0.1, 0.15) is 5.78 Å². The molecule has 15 nitrogen and oxygen atoms in total. The number of anilines is 1. The Hall–Kier alpha value is -4.99. The summed E-state index contributed by atoms with van der Waals surface area (Å²) >= 11 is 0. The van der Waals surface area contributed by atoms with Gasteiger partial charge < -0.3 is 35.0 Å². The molecule has 1 unspecified atom stereocenters. The SMILES string of the molecule is CC[C@H](C)[C@@H]([C@@H](CC(=O)N1CCC[C@H]1[C@H](OC)[C@@H](C)C(=O)C[C@@H](Cc1ccccc1)C(=O)Nc1ccc(CNC(=O)C(C)CC(=O)O)cc1)OC)N(C)C(=O)[C@@H](CC(=O)[C@@H]1[C@H]2CC[C@H](C2)N1C)C(C)C. The molecule has 1 saturated carbocycles. The van der Waals surface area contributed by atoms with Gasteiger partial charge in [-0.1, -0.05) is 90.4 Å². The van der Waals surface area contributed by atoms with Crippen LogP contribution >= 0.6 is 0 Å². The van der Waals surface area contributed by atoms with Crippen molar-refractivity contribution in [3.63, 3.8) is 0 Å². The fraction of sp³-hybridized carbons (Fsp3) is 0.655. The highest BCUT2D eigenvalue weighted by molar-refractivity contribution is 5.96. The van der Waals surface area contributed by atoms with Crippen LogP contribution in [0.4, 0.5) is 5.69 Å². The number of methoxy groups -OCH3 is 2. The molecule has 3 aliphatic rings. The van der Waals surface area contributed by atoms with Crippen LogP contribution in [0.2, 0.25) is 0 Å². The number of aliphatic carboxylic acids is 1. The minimum Gasteiger partial charge on any atom is -0.481 e. The third kappa shape index (κ3) is 14.1. The molecule has 386 valence electrons. The Labute approximate surface area is 416 Å². The molecule has 3 N–H and O–H groups in total. The molecule has 1 aliphatic carbocycles. The number of nitrogens with zero attached hydrogens (tertiary/aromatic N) is 3. The van der Waals surface area contributed by atoms with E-state index in [4.69, 9.17) is 14.6 Å². The number of ether oxygens (including phenoxy) is 2. The molecule has 3 fully saturated rings. The van der Waals surface area contributed by atoms with Crippen LogP contribution in [0.15, 0.2) is 54.6 Å². The van der Waals surface area contributed by atoms with Crippen molar-refractivity contribution in [3.05, 3.63) is 65.7 Å². The predicted octanol–water partition coefficient (Wildman–Crippen LogP) is 6.80. The zero-order valence-electron chi connectivity index (χ0n) is 43.4. The van der Waals surface area contributed by atoms with Gasteiger partial charge in [0.25, 0.3) is 0 Å². The molecule has 0 radical (unpaired) electrons. The Morgan fingerprint density at radius 3 is 2.10 bits per heavy atom. The highest BCUT2D eigenvalue weighted by atomic mass is 16.5. The molecule has 0 spiro atoms. The van der Waals surface area contributed by atoms with Gasteiger partial charge in [-0.15, -0.1) is 0 Å². The fourth-order valence-corrected chi connectivity index (χ4v) is 11.5. The molecule has 2 aliphatic heterocycles. The van der Waals surface area contributed by atoms with Crippen LogP contribution < -0.4 is 10.6 Å². The van der Waals surface area contributed by atoms with Gasteiger partial charge in [0.2, 0.25) is 23.6 Å². The van der Waals surface area contributed by atoms with Gasteiger partial charge in [-0.05, 0) is 86.6 Å². The number of carboxylic acids is 1. The molecular formula is C55H81N5O10. The van der Waals surface area contributed by atoms with Crippen LogP contribution in [0.25, 0.3) is 0 Å². The number of fused-ring (bicyclic) bond motifs is 2. The third-order valence-corrected chi connectivity index (χ3v) is 15.9. The predicted molar refractivity (Wildman–Crippen MR) is 268 cm³/mol. The van der Waals surface area contributed by atoms with Crippen LogP contribution in [0.1, 0.15) is 117 Å². The van der Waals surface area contributed by atoms with Crippen LogP contribution in [0.5, 0.6) is 0 Å². The minimum atomic E-state index is -1.05. The summed E-state index contributed by atoms with van der Waals surface area (Å²) in [4.78, 5) is 100. The average Bonchev–Trinajstić information content (AvgIpc) is 4.10. The largest absolute Gasteiger partial charge is 0.481 e. The number of rotatable bonds is 27. The van der Waals surface area contributed by atoms with Crippen molar-refractivity contribution in [2.75, 3.05) is 40.2 Å². The number of piperidine rings is 1. The lowest BCUT2D eigenvalue weighted by Gasteiger charge is -2.41. The number of hydrogen-bond donors (Lipinski definition) is 3. The van der Waals surface area contributed by atoms with Crippen molar-refractivity contribution in [1.82, 2.24) is 20.0 Å². The summed E-state index contributed by atoms with van der Waals surface area (Å²) in [5.41, 5.74) is 2.18. The van der Waals surface area contributed by atoms with E-state index in [-0.39, 0.29) is 85.3 Å². The van der Waals surface area contributed by atoms with Crippen molar-refractivity contribution < 1.29 is 48.1 Å². The first-order valence-electron chi connectivity index (χ1n) is 25.6. The van der Waals surface area contributed by atoms with E-state index in [1.54, 1.807) is 69.2 Å². The van der Waals surface area contributed by atoms with Crippen LogP contribution in [0.3, 0.4) is 0 Å². The molecule has 2 saturated heterocycles. The van der Waals surface area contributed by atoms with E-state index in [1.165, 1.54) is 0 Å². The number of carbonyl (C=O) groups is 7. The molecule has 15 heteroatoms. The standard InChI is InChI=1S/C55H81N5O10/c1-11-34(4)50(59(8)55(68)43(33(2)3)30-46(62)51-39-21-24-42(28-39)58(51)7)47(69-9)31-48(63)60-25-15-18-44(60)52(70-10)36(6)45(61)29-40(27-37-16-13-12-14-17-37)54(67)57-41-22-19-38(20-23-41)32-56-53(66)35(5)26-49(64)65/h12-14,16-17,19-20,22-23,33-36,39-40,42-44,47,50-52H,11,15,18,21,24-32H2,1-10H3,(H,56,66)(H,57,67)(H,64,65)/t34-,35?,36-,39-,40+,42+,43-,44-,47+,50-,51-,52+/m0/s1. The van der Waals surface area contributed by atoms with Gasteiger partial charge in [-0.2, -0.15) is 0 Å². The van der Waals surface area contributed by atoms with E-state index >= 15 is 0 Å². The van der Waals surface area contributed by atoms with Crippen molar-refractivity contribution in [3.8, 4) is 0 Å². The molecule has 2 aromatic rings. The summed E-state index contributed by atoms with van der Waals surface area (Å²) in [6.07, 6.45) is 4.22. The summed E-state index contributed by atoms with van der Waals surface area (Å²) in [5, 5.41) is 14.7. The number of likely N-dealkylation sites (tertiary alicyclic amines) is 2. The molecule has 5 rings (SSSR count). The van der Waals surface area contributed by atoms with E-state index in [1.807, 2.05) is 51.2 Å². The van der Waals surface area contributed by atoms with Gasteiger partial charge in [0.15, 0.2) is 5.78 Å². The lowest BCUT2D eigenvalue weighted by Crippen LogP contribution is -2.54. The Balaban J connectivity index is 1.25. The first-order chi connectivity index (χ1) is 33.3. The second kappa shape index (κ2) is 25.9. The van der Waals surface area contributed by atoms with Crippen LogP contribution in [-0.4, -0.2) is 132 Å². The first kappa shape index (κ1) is 55.9. The highest BCUT2D eigenvalue weighted by Gasteiger charge is 2.48. The van der Waals surface area contributed by atoms with Gasteiger partial charge in [-0.3, -0.25) is 38.5 Å². The lowest BCUT2D eigenvalue weighted by atomic mass is 9.83. The molecule has 2 heterocycles. The Morgan fingerprint density at radius 2 is 1.51 bits per heavy atom. The monoisotopic (exact) mass is 972 g/mol. The van der Waals surface area contributed by atoms with Gasteiger partial charge in [0.05, 0.1) is 43.2 Å². The molecule has 0 aromatic heterocycles. The Morgan fingerprint density at radius 1 is 0.829 bits per heavy atom. The van der Waals surface area contributed by atoms with E-state index in [9.17, 15) is 33.6 Å². The third-order valence-electron chi connectivity index (χ3n) is 15.9. The van der Waals surface area contributed by atoms with Gasteiger partial charge >= 0.3 is 5.97 Å². The van der Waals surface area contributed by atoms with E-state index < -0.39 is 53.9 Å².